The Morgan fingerprint density at radius 3 is 2.63 bits per heavy atom. The highest BCUT2D eigenvalue weighted by Crippen LogP contribution is 2.23. The van der Waals surface area contributed by atoms with E-state index >= 15 is 0 Å². The van der Waals surface area contributed by atoms with Gasteiger partial charge in [-0.2, -0.15) is 4.72 Å². The lowest BCUT2D eigenvalue weighted by molar-refractivity contribution is -0.139. The molecule has 0 aliphatic rings. The number of benzene rings is 1. The predicted octanol–water partition coefficient (Wildman–Crippen LogP) is 2.12. The fourth-order valence-electron chi connectivity index (χ4n) is 1.47. The van der Waals surface area contributed by atoms with Gasteiger partial charge in [-0.05, 0) is 40.5 Å². The normalized spacial score (nSPS) is 13.2. The van der Waals surface area contributed by atoms with Crippen molar-refractivity contribution in [2.45, 2.75) is 30.7 Å². The Bertz CT molecular complexity index is 576. The summed E-state index contributed by atoms with van der Waals surface area (Å²) in [5, 5.41) is 8.93. The summed E-state index contributed by atoms with van der Waals surface area (Å²) >= 11 is 2.94. The molecule has 1 rings (SSSR count). The number of halogens is 2. The topological polar surface area (TPSA) is 83.5 Å². The third-order valence-electron chi connectivity index (χ3n) is 2.36. The minimum atomic E-state index is -4.02. The maximum atomic E-state index is 12.9. The van der Waals surface area contributed by atoms with Crippen LogP contribution in [0.15, 0.2) is 27.6 Å². The van der Waals surface area contributed by atoms with Crippen LogP contribution in [0.3, 0.4) is 0 Å². The van der Waals surface area contributed by atoms with Gasteiger partial charge < -0.3 is 5.11 Å². The van der Waals surface area contributed by atoms with Gasteiger partial charge in [0.2, 0.25) is 10.0 Å². The first kappa shape index (κ1) is 16.1. The van der Waals surface area contributed by atoms with Crippen LogP contribution in [0.4, 0.5) is 4.39 Å². The van der Waals surface area contributed by atoms with E-state index in [1.807, 2.05) is 0 Å². The van der Waals surface area contributed by atoms with Crippen molar-refractivity contribution in [1.82, 2.24) is 4.72 Å². The van der Waals surface area contributed by atoms with E-state index in [9.17, 15) is 17.6 Å². The smallest absolute Gasteiger partial charge is 0.321 e. The number of hydrogen-bond donors (Lipinski definition) is 2. The van der Waals surface area contributed by atoms with Gasteiger partial charge in [-0.15, -0.1) is 0 Å². The maximum Gasteiger partial charge on any atom is 0.321 e. The Morgan fingerprint density at radius 1 is 1.53 bits per heavy atom. The fraction of sp³-hybridized carbons (Fsp3) is 0.364. The highest BCUT2D eigenvalue weighted by atomic mass is 79.9. The Morgan fingerprint density at radius 2 is 2.16 bits per heavy atom. The van der Waals surface area contributed by atoms with Crippen molar-refractivity contribution in [1.29, 1.82) is 0 Å². The average molecular weight is 354 g/mol. The zero-order valence-corrected chi connectivity index (χ0v) is 12.5. The molecule has 0 aliphatic carbocycles. The number of aliphatic carboxylic acids is 1. The summed E-state index contributed by atoms with van der Waals surface area (Å²) in [5.41, 5.74) is 0. The summed E-state index contributed by atoms with van der Waals surface area (Å²) in [4.78, 5) is 10.7. The molecule has 0 fully saturated rings. The van der Waals surface area contributed by atoms with Crippen molar-refractivity contribution in [2.75, 3.05) is 0 Å². The summed E-state index contributed by atoms with van der Waals surface area (Å²) in [6, 6.07) is 1.87. The number of carbonyl (C=O) groups is 1. The second-order valence-corrected chi connectivity index (χ2v) is 6.41. The molecule has 0 bridgehead atoms. The van der Waals surface area contributed by atoms with Gasteiger partial charge in [0.15, 0.2) is 0 Å². The van der Waals surface area contributed by atoms with E-state index in [4.69, 9.17) is 5.11 Å². The third-order valence-corrected chi connectivity index (χ3v) is 4.80. The van der Waals surface area contributed by atoms with Crippen molar-refractivity contribution < 1.29 is 22.7 Å². The predicted molar refractivity (Wildman–Crippen MR) is 70.8 cm³/mol. The van der Waals surface area contributed by atoms with Crippen LogP contribution in [0.25, 0.3) is 0 Å². The molecule has 5 nitrogen and oxygen atoms in total. The lowest BCUT2D eigenvalue weighted by Gasteiger charge is -2.14. The van der Waals surface area contributed by atoms with Crippen molar-refractivity contribution in [3.05, 3.63) is 28.5 Å². The first-order valence-electron chi connectivity index (χ1n) is 5.48. The van der Waals surface area contributed by atoms with Crippen LogP contribution in [0, 0.1) is 5.82 Å². The van der Waals surface area contributed by atoms with Crippen molar-refractivity contribution in [3.8, 4) is 0 Å². The zero-order chi connectivity index (χ0) is 14.6. The molecular formula is C11H13BrFNO4S. The van der Waals surface area contributed by atoms with E-state index in [0.29, 0.717) is 6.42 Å². The molecule has 106 valence electrons. The molecule has 8 heteroatoms. The minimum absolute atomic E-state index is 0.0423. The Labute approximate surface area is 119 Å². The quantitative estimate of drug-likeness (QED) is 0.820. The van der Waals surface area contributed by atoms with Gasteiger partial charge in [-0.3, -0.25) is 4.79 Å². The van der Waals surface area contributed by atoms with Crippen LogP contribution in [-0.2, 0) is 14.8 Å². The van der Waals surface area contributed by atoms with E-state index in [0.717, 1.165) is 18.2 Å². The van der Waals surface area contributed by atoms with Gasteiger partial charge in [0.1, 0.15) is 11.9 Å². The number of nitrogens with one attached hydrogen (secondary N) is 1. The van der Waals surface area contributed by atoms with Crippen LogP contribution >= 0.6 is 15.9 Å². The lowest BCUT2D eigenvalue weighted by Crippen LogP contribution is -2.40. The van der Waals surface area contributed by atoms with Crippen LogP contribution in [0.1, 0.15) is 19.8 Å². The first-order chi connectivity index (χ1) is 8.77. The minimum Gasteiger partial charge on any atom is -0.480 e. The molecule has 0 heterocycles. The number of sulfonamides is 1. The number of rotatable bonds is 6. The summed E-state index contributed by atoms with van der Waals surface area (Å²) < 4.78 is 39.1. The highest BCUT2D eigenvalue weighted by Gasteiger charge is 2.26. The average Bonchev–Trinajstić information content (AvgIpc) is 2.27. The third kappa shape index (κ3) is 4.26. The van der Waals surface area contributed by atoms with E-state index < -0.39 is 27.9 Å². The molecular weight excluding hydrogens is 341 g/mol. The molecule has 0 saturated heterocycles. The molecule has 0 aliphatic heterocycles. The maximum absolute atomic E-state index is 12.9. The summed E-state index contributed by atoms with van der Waals surface area (Å²) in [6.07, 6.45) is 0.692. The zero-order valence-electron chi connectivity index (χ0n) is 10.1. The van der Waals surface area contributed by atoms with Crippen molar-refractivity contribution in [2.24, 2.45) is 0 Å². The summed E-state index contributed by atoms with van der Waals surface area (Å²) in [5.74, 6) is -1.84. The first-order valence-corrected chi connectivity index (χ1v) is 7.75. The van der Waals surface area contributed by atoms with Gasteiger partial charge in [-0.25, -0.2) is 12.8 Å². The number of carboxylic acids is 1. The van der Waals surface area contributed by atoms with Crippen molar-refractivity contribution in [3.63, 3.8) is 0 Å². The molecule has 0 aromatic heterocycles. The fourth-order valence-corrected chi connectivity index (χ4v) is 3.74. The molecule has 2 N–H and O–H groups in total. The molecule has 1 aromatic rings. The molecule has 0 spiro atoms. The van der Waals surface area contributed by atoms with Gasteiger partial charge >= 0.3 is 5.97 Å². The molecule has 0 saturated carbocycles. The van der Waals surface area contributed by atoms with Gasteiger partial charge in [-0.1, -0.05) is 13.3 Å². The van der Waals surface area contributed by atoms with E-state index in [1.165, 1.54) is 0 Å². The highest BCUT2D eigenvalue weighted by molar-refractivity contribution is 9.10. The van der Waals surface area contributed by atoms with E-state index in [2.05, 4.69) is 20.7 Å². The largest absolute Gasteiger partial charge is 0.480 e. The van der Waals surface area contributed by atoms with E-state index in [1.54, 1.807) is 6.92 Å². The Kier molecular flexibility index (Phi) is 5.45. The molecule has 19 heavy (non-hydrogen) atoms. The van der Waals surface area contributed by atoms with Gasteiger partial charge in [0.05, 0.1) is 4.90 Å². The van der Waals surface area contributed by atoms with Crippen LogP contribution in [-0.4, -0.2) is 25.5 Å². The van der Waals surface area contributed by atoms with Crippen molar-refractivity contribution >= 4 is 31.9 Å². The lowest BCUT2D eigenvalue weighted by atomic mass is 10.2. The SMILES string of the molecule is CCCC(NS(=O)(=O)c1ccc(F)cc1Br)C(=O)O. The number of carboxylic acid groups (broad SMARTS) is 1. The molecule has 0 amide bonds. The summed E-state index contributed by atoms with van der Waals surface area (Å²) in [7, 11) is -4.02. The van der Waals surface area contributed by atoms with Gasteiger partial charge in [0.25, 0.3) is 0 Å². The Balaban J connectivity index is 3.06. The molecule has 1 atom stereocenters. The standard InChI is InChI=1S/C11H13BrFNO4S/c1-2-3-9(11(15)16)14-19(17,18)10-5-4-7(13)6-8(10)12/h4-6,9,14H,2-3H2,1H3,(H,15,16). The Hall–Kier alpha value is -0.990. The summed E-state index contributed by atoms with van der Waals surface area (Å²) in [6.45, 7) is 1.75. The monoisotopic (exact) mass is 353 g/mol. The second kappa shape index (κ2) is 6.44. The molecule has 1 unspecified atom stereocenters. The van der Waals surface area contributed by atoms with Crippen LogP contribution in [0.5, 0.6) is 0 Å². The van der Waals surface area contributed by atoms with E-state index in [-0.39, 0.29) is 15.8 Å². The molecule has 0 radical (unpaired) electrons. The van der Waals surface area contributed by atoms with Crippen LogP contribution in [0.2, 0.25) is 0 Å². The molecule has 1 aromatic carbocycles. The number of hydrogen-bond acceptors (Lipinski definition) is 3. The van der Waals surface area contributed by atoms with Crippen LogP contribution < -0.4 is 4.72 Å². The second-order valence-electron chi connectivity index (χ2n) is 3.88. The van der Waals surface area contributed by atoms with Gasteiger partial charge in [0, 0.05) is 4.47 Å².